The van der Waals surface area contributed by atoms with E-state index in [1.54, 1.807) is 0 Å². The zero-order chi connectivity index (χ0) is 10.8. The number of hydrogen-bond acceptors (Lipinski definition) is 1. The van der Waals surface area contributed by atoms with Crippen LogP contribution in [0.1, 0.15) is 17.1 Å². The Morgan fingerprint density at radius 1 is 1.20 bits per heavy atom. The number of rotatable bonds is 2. The maximum atomic E-state index is 4.28. The van der Waals surface area contributed by atoms with Crippen LogP contribution < -0.4 is 0 Å². The van der Waals surface area contributed by atoms with Crippen molar-refractivity contribution in [1.82, 2.24) is 9.97 Å². The van der Waals surface area contributed by atoms with Gasteiger partial charge in [-0.25, -0.2) is 4.98 Å². The lowest BCUT2D eigenvalue weighted by Gasteiger charge is -1.99. The molecule has 2 rings (SSSR count). The molecule has 0 unspecified atom stereocenters. The number of aromatic amines is 1. The van der Waals surface area contributed by atoms with E-state index < -0.39 is 0 Å². The molecule has 1 heterocycles. The Hall–Kier alpha value is -0.610. The largest absolute Gasteiger partial charge is 0.345 e. The fraction of sp³-hybridized carbons (Fsp3) is 0.182. The third kappa shape index (κ3) is 2.69. The molecule has 15 heavy (non-hydrogen) atoms. The summed E-state index contributed by atoms with van der Waals surface area (Å²) >= 11 is 6.86. The van der Waals surface area contributed by atoms with Gasteiger partial charge in [0.05, 0.1) is 5.69 Å². The van der Waals surface area contributed by atoms with Crippen LogP contribution in [0, 0.1) is 6.92 Å². The lowest BCUT2D eigenvalue weighted by Crippen LogP contribution is -1.89. The highest BCUT2D eigenvalue weighted by Gasteiger charge is 2.05. The molecule has 1 aromatic heterocycles. The molecule has 0 aliphatic rings. The van der Waals surface area contributed by atoms with E-state index in [2.05, 4.69) is 54.0 Å². The van der Waals surface area contributed by atoms with E-state index in [1.807, 2.05) is 19.1 Å². The molecule has 1 N–H and O–H groups in total. The van der Waals surface area contributed by atoms with Crippen molar-refractivity contribution in [2.45, 2.75) is 13.3 Å². The number of benzene rings is 1. The van der Waals surface area contributed by atoms with E-state index in [9.17, 15) is 0 Å². The van der Waals surface area contributed by atoms with E-state index in [0.29, 0.717) is 0 Å². The smallest absolute Gasteiger partial charge is 0.127 e. The van der Waals surface area contributed by atoms with Crippen LogP contribution in [0.4, 0.5) is 0 Å². The summed E-state index contributed by atoms with van der Waals surface area (Å²) in [6, 6.07) is 8.30. The molecule has 0 aliphatic carbocycles. The quantitative estimate of drug-likeness (QED) is 0.891. The highest BCUT2D eigenvalue weighted by atomic mass is 79.9. The van der Waals surface area contributed by atoms with Gasteiger partial charge in [0.15, 0.2) is 0 Å². The van der Waals surface area contributed by atoms with Gasteiger partial charge in [0.2, 0.25) is 0 Å². The molecule has 4 heteroatoms. The Labute approximate surface area is 105 Å². The Balaban J connectivity index is 2.21. The third-order valence-electron chi connectivity index (χ3n) is 2.14. The third-order valence-corrected chi connectivity index (χ3v) is 3.33. The first-order chi connectivity index (χ1) is 7.15. The zero-order valence-corrected chi connectivity index (χ0v) is 11.4. The average molecular weight is 330 g/mol. The second-order valence-electron chi connectivity index (χ2n) is 3.39. The van der Waals surface area contributed by atoms with Crippen LogP contribution in [0.25, 0.3) is 0 Å². The molecule has 0 aliphatic heterocycles. The molecule has 0 amide bonds. The summed E-state index contributed by atoms with van der Waals surface area (Å²) in [4.78, 5) is 7.51. The van der Waals surface area contributed by atoms with Gasteiger partial charge in [0.1, 0.15) is 10.4 Å². The topological polar surface area (TPSA) is 28.7 Å². The van der Waals surface area contributed by atoms with Gasteiger partial charge in [0.25, 0.3) is 0 Å². The molecule has 1 aromatic carbocycles. The molecule has 2 aromatic rings. The molecule has 0 fully saturated rings. The van der Waals surface area contributed by atoms with Crippen LogP contribution in [-0.4, -0.2) is 9.97 Å². The number of nitrogens with zero attached hydrogens (tertiary/aromatic N) is 1. The summed E-state index contributed by atoms with van der Waals surface area (Å²) in [6.07, 6.45) is 0.870. The normalized spacial score (nSPS) is 10.6. The van der Waals surface area contributed by atoms with Crippen LogP contribution >= 0.6 is 31.9 Å². The Morgan fingerprint density at radius 2 is 1.87 bits per heavy atom. The van der Waals surface area contributed by atoms with Crippen LogP contribution in [-0.2, 0) is 6.42 Å². The number of nitrogens with one attached hydrogen (secondary N) is 1. The van der Waals surface area contributed by atoms with Crippen molar-refractivity contribution >= 4 is 31.9 Å². The van der Waals surface area contributed by atoms with Gasteiger partial charge in [0, 0.05) is 10.9 Å². The summed E-state index contributed by atoms with van der Waals surface area (Å²) in [7, 11) is 0. The van der Waals surface area contributed by atoms with E-state index in [-0.39, 0.29) is 0 Å². The number of aromatic nitrogens is 2. The predicted molar refractivity (Wildman–Crippen MR) is 68.0 cm³/mol. The summed E-state index contributed by atoms with van der Waals surface area (Å²) in [6.45, 7) is 1.95. The Kier molecular flexibility index (Phi) is 3.26. The SMILES string of the molecule is Cc1nc(Br)c(Cc2ccc(Br)cc2)[nH]1. The van der Waals surface area contributed by atoms with Crippen LogP contribution in [0.5, 0.6) is 0 Å². The van der Waals surface area contributed by atoms with Gasteiger partial charge in [-0.15, -0.1) is 0 Å². The van der Waals surface area contributed by atoms with Crippen molar-refractivity contribution in [2.24, 2.45) is 0 Å². The van der Waals surface area contributed by atoms with Gasteiger partial charge in [-0.2, -0.15) is 0 Å². The van der Waals surface area contributed by atoms with Crippen molar-refractivity contribution in [2.75, 3.05) is 0 Å². The van der Waals surface area contributed by atoms with Gasteiger partial charge in [-0.05, 0) is 40.5 Å². The first kappa shape index (κ1) is 10.9. The molecule has 0 spiro atoms. The maximum absolute atomic E-state index is 4.28. The average Bonchev–Trinajstić information content (AvgIpc) is 2.49. The number of halogens is 2. The summed E-state index contributed by atoms with van der Waals surface area (Å²) in [5.74, 6) is 0.939. The fourth-order valence-electron chi connectivity index (χ4n) is 1.44. The van der Waals surface area contributed by atoms with Crippen LogP contribution in [0.2, 0.25) is 0 Å². The lowest BCUT2D eigenvalue weighted by atomic mass is 10.1. The van der Waals surface area contributed by atoms with Gasteiger partial charge in [-0.3, -0.25) is 0 Å². The van der Waals surface area contributed by atoms with Gasteiger partial charge >= 0.3 is 0 Å². The second-order valence-corrected chi connectivity index (χ2v) is 5.06. The van der Waals surface area contributed by atoms with Gasteiger partial charge in [-0.1, -0.05) is 28.1 Å². The molecular weight excluding hydrogens is 320 g/mol. The summed E-state index contributed by atoms with van der Waals surface area (Å²) < 4.78 is 2.01. The van der Waals surface area contributed by atoms with E-state index in [1.165, 1.54) is 5.56 Å². The maximum Gasteiger partial charge on any atom is 0.127 e. The summed E-state index contributed by atoms with van der Waals surface area (Å²) in [5, 5.41) is 0. The number of imidazole rings is 1. The van der Waals surface area contributed by atoms with Crippen molar-refractivity contribution in [3.63, 3.8) is 0 Å². The van der Waals surface area contributed by atoms with E-state index in [4.69, 9.17) is 0 Å². The Morgan fingerprint density at radius 3 is 2.40 bits per heavy atom. The first-order valence-corrected chi connectivity index (χ1v) is 6.19. The fourth-order valence-corrected chi connectivity index (χ4v) is 2.21. The number of aryl methyl sites for hydroxylation is 1. The van der Waals surface area contributed by atoms with Crippen LogP contribution in [0.15, 0.2) is 33.3 Å². The molecule has 0 radical (unpaired) electrons. The molecule has 0 bridgehead atoms. The van der Waals surface area contributed by atoms with Crippen molar-refractivity contribution in [3.8, 4) is 0 Å². The highest BCUT2D eigenvalue weighted by molar-refractivity contribution is 9.10. The van der Waals surface area contributed by atoms with Crippen molar-refractivity contribution < 1.29 is 0 Å². The minimum atomic E-state index is 0.870. The Bertz CT molecular complexity index is 460. The molecule has 78 valence electrons. The van der Waals surface area contributed by atoms with Crippen molar-refractivity contribution in [3.05, 3.63) is 50.4 Å². The summed E-state index contributed by atoms with van der Waals surface area (Å²) in [5.41, 5.74) is 2.39. The minimum Gasteiger partial charge on any atom is -0.345 e. The van der Waals surface area contributed by atoms with E-state index in [0.717, 1.165) is 27.0 Å². The highest BCUT2D eigenvalue weighted by Crippen LogP contribution is 2.18. The standard InChI is InChI=1S/C11H10Br2N2/c1-7-14-10(11(13)15-7)6-8-2-4-9(12)5-3-8/h2-5H,6H2,1H3,(H,14,15). The zero-order valence-electron chi connectivity index (χ0n) is 8.22. The molecule has 2 nitrogen and oxygen atoms in total. The molecule has 0 atom stereocenters. The monoisotopic (exact) mass is 328 g/mol. The second kappa shape index (κ2) is 4.49. The minimum absolute atomic E-state index is 0.870. The number of H-pyrrole nitrogens is 1. The van der Waals surface area contributed by atoms with Crippen molar-refractivity contribution in [1.29, 1.82) is 0 Å². The lowest BCUT2D eigenvalue weighted by molar-refractivity contribution is 1.07. The first-order valence-electron chi connectivity index (χ1n) is 4.60. The predicted octanol–water partition coefficient (Wildman–Crippen LogP) is 3.83. The molecule has 0 saturated carbocycles. The molecular formula is C11H10Br2N2. The van der Waals surface area contributed by atoms with Crippen LogP contribution in [0.3, 0.4) is 0 Å². The van der Waals surface area contributed by atoms with Gasteiger partial charge < -0.3 is 4.98 Å². The molecule has 0 saturated heterocycles. The van der Waals surface area contributed by atoms with E-state index >= 15 is 0 Å². The number of hydrogen-bond donors (Lipinski definition) is 1.